The van der Waals surface area contributed by atoms with E-state index in [9.17, 15) is 0 Å². The monoisotopic (exact) mass is 371 g/mol. The van der Waals surface area contributed by atoms with Crippen molar-refractivity contribution in [1.82, 2.24) is 0 Å². The Morgan fingerprint density at radius 2 is 1.73 bits per heavy atom. The van der Waals surface area contributed by atoms with Crippen LogP contribution < -0.4 is 5.30 Å². The molecule has 0 aromatic heterocycles. The summed E-state index contributed by atoms with van der Waals surface area (Å²) in [5, 5.41) is 0.292. The Hall–Kier alpha value is 0.680. The van der Waals surface area contributed by atoms with Crippen molar-refractivity contribution in [3.8, 4) is 0 Å². The summed E-state index contributed by atoms with van der Waals surface area (Å²) in [6.45, 7) is 4.66. The van der Waals surface area contributed by atoms with Gasteiger partial charge >= 0.3 is 81.5 Å². The summed E-state index contributed by atoms with van der Waals surface area (Å²) in [6, 6.07) is 10.6. The van der Waals surface area contributed by atoms with Gasteiger partial charge in [0.2, 0.25) is 0 Å². The Kier molecular flexibility index (Phi) is 3.61. The molecule has 0 fully saturated rings. The normalized spacial score (nSPS) is 13.4. The zero-order chi connectivity index (χ0) is 8.32. The third-order valence-corrected chi connectivity index (χ3v) is 15.5. The molecule has 0 nitrogen and oxygen atoms in total. The van der Waals surface area contributed by atoms with E-state index in [0.29, 0.717) is 0 Å². The van der Waals surface area contributed by atoms with E-state index >= 15 is 0 Å². The van der Waals surface area contributed by atoms with Crippen LogP contribution in [0.4, 0.5) is 0 Å². The van der Waals surface area contributed by atoms with Crippen LogP contribution in [0.2, 0.25) is 0 Å². The first kappa shape index (κ1) is 9.77. The van der Waals surface area contributed by atoms with E-state index in [1.165, 1.54) is 5.30 Å². The molecule has 0 aliphatic carbocycles. The van der Waals surface area contributed by atoms with Crippen LogP contribution in [0.15, 0.2) is 30.3 Å². The molecular weight excluding hydrogens is 359 g/mol. The summed E-state index contributed by atoms with van der Waals surface area (Å²) in [6.07, 6.45) is 0. The van der Waals surface area contributed by atoms with Crippen molar-refractivity contribution in [3.63, 3.8) is 0 Å². The SMILES string of the molecule is C[PH](C)([Au][Cl])c1ccccc1. The molecule has 0 aliphatic heterocycles. The van der Waals surface area contributed by atoms with E-state index in [2.05, 4.69) is 43.7 Å². The zero-order valence-corrected chi connectivity index (χ0v) is 10.5. The third-order valence-electron chi connectivity index (χ3n) is 1.58. The summed E-state index contributed by atoms with van der Waals surface area (Å²) in [4.78, 5) is 0. The van der Waals surface area contributed by atoms with Crippen molar-refractivity contribution in [3.05, 3.63) is 30.3 Å². The fourth-order valence-electron chi connectivity index (χ4n) is 0.855. The fourth-order valence-corrected chi connectivity index (χ4v) is 5.29. The van der Waals surface area contributed by atoms with E-state index in [1.54, 1.807) is 0 Å². The molecule has 3 heteroatoms. The van der Waals surface area contributed by atoms with Crippen LogP contribution >= 0.6 is 14.3 Å². The van der Waals surface area contributed by atoms with Crippen LogP contribution in [0.1, 0.15) is 0 Å². The molecule has 1 rings (SSSR count). The van der Waals surface area contributed by atoms with Gasteiger partial charge in [0.05, 0.1) is 0 Å². The van der Waals surface area contributed by atoms with E-state index in [4.69, 9.17) is 9.19 Å². The average molecular weight is 372 g/mol. The molecule has 0 saturated heterocycles. The number of halogens is 1. The first-order valence-corrected chi connectivity index (χ1v) is 12.2. The molecule has 0 amide bonds. The quantitative estimate of drug-likeness (QED) is 0.553. The molecule has 0 saturated carbocycles. The van der Waals surface area contributed by atoms with Gasteiger partial charge < -0.3 is 0 Å². The Balaban J connectivity index is 2.93. The minimum absolute atomic E-state index is 0.000895. The van der Waals surface area contributed by atoms with Gasteiger partial charge in [-0.05, 0) is 0 Å². The summed E-state index contributed by atoms with van der Waals surface area (Å²) < 4.78 is 0. The Bertz CT molecular complexity index is 223. The molecule has 0 N–H and O–H groups in total. The van der Waals surface area contributed by atoms with Crippen molar-refractivity contribution in [1.29, 1.82) is 0 Å². The Morgan fingerprint density at radius 1 is 1.18 bits per heavy atom. The first-order chi connectivity index (χ1) is 5.17. The molecule has 0 aliphatic rings. The average Bonchev–Trinajstić information content (AvgIpc) is 2.06. The molecule has 0 unspecified atom stereocenters. The molecule has 0 spiro atoms. The van der Waals surface area contributed by atoms with Gasteiger partial charge in [0.1, 0.15) is 0 Å². The van der Waals surface area contributed by atoms with E-state index in [0.717, 1.165) is 0 Å². The van der Waals surface area contributed by atoms with Gasteiger partial charge in [0.25, 0.3) is 0 Å². The molecule has 0 radical (unpaired) electrons. The van der Waals surface area contributed by atoms with Crippen molar-refractivity contribution in [2.75, 3.05) is 13.3 Å². The van der Waals surface area contributed by atoms with Crippen LogP contribution in [0, 0.1) is 0 Å². The fraction of sp³-hybridized carbons (Fsp3) is 0.250. The van der Waals surface area contributed by atoms with Crippen molar-refractivity contribution in [2.24, 2.45) is 0 Å². The molecule has 1 aromatic rings. The van der Waals surface area contributed by atoms with Gasteiger partial charge in [0, 0.05) is 0 Å². The summed E-state index contributed by atoms with van der Waals surface area (Å²) in [7, 11) is 5.99. The maximum absolute atomic E-state index is 5.99. The van der Waals surface area contributed by atoms with Crippen LogP contribution in [0.25, 0.3) is 0 Å². The summed E-state index contributed by atoms with van der Waals surface area (Å²) >= 11 is -0.000895. The van der Waals surface area contributed by atoms with Gasteiger partial charge in [-0.3, -0.25) is 0 Å². The third kappa shape index (κ3) is 2.57. The predicted molar refractivity (Wildman–Crippen MR) is 52.1 cm³/mol. The number of hydrogen-bond acceptors (Lipinski definition) is 0. The number of rotatable bonds is 2. The van der Waals surface area contributed by atoms with E-state index < -0.39 is 5.15 Å². The summed E-state index contributed by atoms with van der Waals surface area (Å²) in [5.41, 5.74) is 0. The minimum atomic E-state index is -1.19. The molecule has 67 valence electrons. The molecular formula is C8H12AuClP. The standard InChI is InChI=1S/C8H11P.Au.ClH/c1-9(2)8-6-4-3-5-7-8;;/h3-7H,1-2H3;;1H. The van der Waals surface area contributed by atoms with Gasteiger partial charge in [-0.1, -0.05) is 0 Å². The predicted octanol–water partition coefficient (Wildman–Crippen LogP) is 2.47. The zero-order valence-electron chi connectivity index (χ0n) is 6.57. The summed E-state index contributed by atoms with van der Waals surface area (Å²) in [5.74, 6) is 0. The van der Waals surface area contributed by atoms with Gasteiger partial charge in [0.15, 0.2) is 0 Å². The maximum atomic E-state index is 5.99. The van der Waals surface area contributed by atoms with E-state index in [1.807, 2.05) is 0 Å². The van der Waals surface area contributed by atoms with Gasteiger partial charge in [-0.25, -0.2) is 0 Å². The first-order valence-electron chi connectivity index (χ1n) is 3.43. The molecule has 0 atom stereocenters. The second-order valence-electron chi connectivity index (χ2n) is 2.80. The molecule has 11 heavy (non-hydrogen) atoms. The van der Waals surface area contributed by atoms with Crippen LogP contribution in [-0.4, -0.2) is 13.3 Å². The van der Waals surface area contributed by atoms with Crippen LogP contribution in [-0.2, 0) is 18.1 Å². The van der Waals surface area contributed by atoms with Crippen molar-refractivity contribution >= 4 is 19.6 Å². The van der Waals surface area contributed by atoms with Gasteiger partial charge in [-0.15, -0.1) is 0 Å². The molecule has 0 heterocycles. The van der Waals surface area contributed by atoms with Crippen molar-refractivity contribution in [2.45, 2.75) is 0 Å². The molecule has 1 aromatic carbocycles. The number of benzene rings is 1. The topological polar surface area (TPSA) is 0 Å². The van der Waals surface area contributed by atoms with Crippen LogP contribution in [0.5, 0.6) is 0 Å². The van der Waals surface area contributed by atoms with Crippen molar-refractivity contribution < 1.29 is 18.1 Å². The number of hydrogen-bond donors (Lipinski definition) is 0. The Morgan fingerprint density at radius 3 is 2.18 bits per heavy atom. The van der Waals surface area contributed by atoms with Crippen LogP contribution in [0.3, 0.4) is 0 Å². The Labute approximate surface area is 81.2 Å². The van der Waals surface area contributed by atoms with Gasteiger partial charge in [-0.2, -0.15) is 0 Å². The second-order valence-corrected chi connectivity index (χ2v) is 18.4. The molecule has 0 bridgehead atoms. The van der Waals surface area contributed by atoms with E-state index in [-0.39, 0.29) is 18.1 Å². The second kappa shape index (κ2) is 4.07.